The Morgan fingerprint density at radius 3 is 2.42 bits per heavy atom. The van der Waals surface area contributed by atoms with Crippen LogP contribution in [0.4, 0.5) is 4.39 Å². The Kier molecular flexibility index (Phi) is 7.05. The Hall–Kier alpha value is -2.22. The van der Waals surface area contributed by atoms with Gasteiger partial charge in [-0.25, -0.2) is 9.07 Å². The number of hydrogen-bond donors (Lipinski definition) is 0. The van der Waals surface area contributed by atoms with Crippen LogP contribution < -0.4 is 5.56 Å². The molecule has 1 saturated heterocycles. The van der Waals surface area contributed by atoms with Crippen LogP contribution >= 0.6 is 15.9 Å². The van der Waals surface area contributed by atoms with Gasteiger partial charge in [0.15, 0.2) is 0 Å². The zero-order valence-corrected chi connectivity index (χ0v) is 19.2. The van der Waals surface area contributed by atoms with E-state index in [4.69, 9.17) is 4.74 Å². The molecule has 0 spiro atoms. The third kappa shape index (κ3) is 5.17. The predicted octanol–water partition coefficient (Wildman–Crippen LogP) is 4.51. The van der Waals surface area contributed by atoms with Crippen LogP contribution in [0, 0.1) is 11.7 Å². The molecule has 1 fully saturated rings. The van der Waals surface area contributed by atoms with Gasteiger partial charge < -0.3 is 4.74 Å². The minimum atomic E-state index is -0.223. The van der Waals surface area contributed by atoms with Crippen LogP contribution in [0.3, 0.4) is 0 Å². The number of aromatic nitrogens is 2. The van der Waals surface area contributed by atoms with Crippen molar-refractivity contribution in [2.24, 2.45) is 13.0 Å². The second-order valence-electron chi connectivity index (χ2n) is 8.10. The Labute approximate surface area is 190 Å². The van der Waals surface area contributed by atoms with E-state index in [1.165, 1.54) is 12.1 Å². The summed E-state index contributed by atoms with van der Waals surface area (Å²) >= 11 is 3.52. The van der Waals surface area contributed by atoms with Crippen LogP contribution in [0.5, 0.6) is 0 Å². The van der Waals surface area contributed by atoms with Gasteiger partial charge in [-0.05, 0) is 77.6 Å². The maximum atomic E-state index is 13.0. The first-order valence-electron chi connectivity index (χ1n) is 10.6. The smallest absolute Gasteiger partial charge is 0.286 e. The third-order valence-corrected chi connectivity index (χ3v) is 6.74. The lowest BCUT2D eigenvalue weighted by atomic mass is 9.97. The van der Waals surface area contributed by atoms with E-state index in [0.717, 1.165) is 56.0 Å². The van der Waals surface area contributed by atoms with Crippen molar-refractivity contribution in [1.29, 1.82) is 0 Å². The van der Waals surface area contributed by atoms with Crippen LogP contribution in [-0.2, 0) is 24.9 Å². The molecular weight excluding hydrogens is 461 g/mol. The Bertz CT molecular complexity index is 1050. The molecule has 0 N–H and O–H groups in total. The third-order valence-electron chi connectivity index (χ3n) is 5.94. The summed E-state index contributed by atoms with van der Waals surface area (Å²) in [4.78, 5) is 15.2. The normalized spacial score (nSPS) is 15.5. The van der Waals surface area contributed by atoms with E-state index in [9.17, 15) is 9.18 Å². The summed E-state index contributed by atoms with van der Waals surface area (Å²) in [6.07, 6.45) is 2.13. The number of rotatable bonds is 7. The summed E-state index contributed by atoms with van der Waals surface area (Å²) in [6, 6.07) is 16.2. The van der Waals surface area contributed by atoms with E-state index in [-0.39, 0.29) is 11.4 Å². The summed E-state index contributed by atoms with van der Waals surface area (Å²) in [5, 5.41) is 0. The van der Waals surface area contributed by atoms with Crippen molar-refractivity contribution in [1.82, 2.24) is 14.3 Å². The van der Waals surface area contributed by atoms with Crippen molar-refractivity contribution in [2.45, 2.75) is 26.0 Å². The van der Waals surface area contributed by atoms with Gasteiger partial charge in [0, 0.05) is 20.2 Å². The maximum absolute atomic E-state index is 13.0. The van der Waals surface area contributed by atoms with Gasteiger partial charge in [0.05, 0.1) is 18.0 Å². The van der Waals surface area contributed by atoms with Gasteiger partial charge in [-0.3, -0.25) is 14.4 Å². The van der Waals surface area contributed by atoms with Gasteiger partial charge in [0.25, 0.3) is 5.56 Å². The molecule has 0 saturated carbocycles. The minimum Gasteiger partial charge on any atom is -0.376 e. The first kappa shape index (κ1) is 22.0. The predicted molar refractivity (Wildman–Crippen MR) is 123 cm³/mol. The van der Waals surface area contributed by atoms with E-state index < -0.39 is 0 Å². The quantitative estimate of drug-likeness (QED) is 0.492. The molecule has 3 aromatic rings. The maximum Gasteiger partial charge on any atom is 0.286 e. The van der Waals surface area contributed by atoms with Crippen LogP contribution in [0.25, 0.3) is 5.69 Å². The first-order valence-corrected chi connectivity index (χ1v) is 11.4. The Morgan fingerprint density at radius 1 is 1.06 bits per heavy atom. The lowest BCUT2D eigenvalue weighted by molar-refractivity contribution is 0.0556. The number of hydrogen-bond acceptors (Lipinski definition) is 3. The zero-order chi connectivity index (χ0) is 21.8. The van der Waals surface area contributed by atoms with Crippen molar-refractivity contribution in [2.75, 3.05) is 19.7 Å². The van der Waals surface area contributed by atoms with Crippen LogP contribution in [0.15, 0.2) is 63.9 Å². The second kappa shape index (κ2) is 9.94. The molecule has 0 radical (unpaired) electrons. The van der Waals surface area contributed by atoms with Gasteiger partial charge in [-0.1, -0.05) is 30.3 Å². The summed E-state index contributed by atoms with van der Waals surface area (Å²) in [5.41, 5.74) is 2.80. The largest absolute Gasteiger partial charge is 0.376 e. The number of piperidine rings is 1. The molecule has 0 amide bonds. The molecule has 1 aliphatic rings. The molecular formula is C24H27BrFN3O2. The molecule has 0 aliphatic carbocycles. The highest BCUT2D eigenvalue weighted by atomic mass is 79.9. The number of benzene rings is 2. The summed E-state index contributed by atoms with van der Waals surface area (Å²) in [5.74, 6) is 0.303. The highest BCUT2D eigenvalue weighted by Gasteiger charge is 2.23. The van der Waals surface area contributed by atoms with Crippen molar-refractivity contribution in [3.05, 3.63) is 86.5 Å². The molecule has 0 bridgehead atoms. The van der Waals surface area contributed by atoms with Gasteiger partial charge in [-0.15, -0.1) is 0 Å². The molecule has 2 heterocycles. The average molecular weight is 488 g/mol. The number of likely N-dealkylation sites (tertiary alicyclic amines) is 1. The fourth-order valence-corrected chi connectivity index (χ4v) is 4.64. The van der Waals surface area contributed by atoms with E-state index in [1.54, 1.807) is 16.8 Å². The number of para-hydroxylation sites is 1. The molecule has 1 aromatic heterocycles. The SMILES string of the molecule is Cn1c(CN2CCC(COCc3ccc(F)cc3)CC2)c(Br)c(=O)n1-c1ccccc1. The van der Waals surface area contributed by atoms with E-state index in [1.807, 2.05) is 42.1 Å². The highest BCUT2D eigenvalue weighted by Crippen LogP contribution is 2.23. The summed E-state index contributed by atoms with van der Waals surface area (Å²) in [7, 11) is 1.94. The van der Waals surface area contributed by atoms with Gasteiger partial charge in [-0.2, -0.15) is 0 Å². The molecule has 7 heteroatoms. The van der Waals surface area contributed by atoms with Crippen molar-refractivity contribution in [3.63, 3.8) is 0 Å². The van der Waals surface area contributed by atoms with Crippen LogP contribution in [0.1, 0.15) is 24.1 Å². The van der Waals surface area contributed by atoms with Gasteiger partial charge in [0.1, 0.15) is 10.3 Å². The lowest BCUT2D eigenvalue weighted by Crippen LogP contribution is -2.35. The molecule has 0 unspecified atom stereocenters. The zero-order valence-electron chi connectivity index (χ0n) is 17.6. The monoisotopic (exact) mass is 487 g/mol. The average Bonchev–Trinajstić information content (AvgIpc) is 3.00. The standard InChI is InChI=1S/C24H27BrFN3O2/c1-27-22(23(25)24(30)29(27)21-5-3-2-4-6-21)15-28-13-11-19(12-14-28)17-31-16-18-7-9-20(26)10-8-18/h2-10,19H,11-17H2,1H3. The first-order chi connectivity index (χ1) is 15.0. The number of ether oxygens (including phenoxy) is 1. The molecule has 2 aromatic carbocycles. The summed E-state index contributed by atoms with van der Waals surface area (Å²) < 4.78 is 23.1. The van der Waals surface area contributed by atoms with E-state index in [2.05, 4.69) is 20.8 Å². The van der Waals surface area contributed by atoms with Crippen LogP contribution in [-0.4, -0.2) is 34.0 Å². The molecule has 5 nitrogen and oxygen atoms in total. The lowest BCUT2D eigenvalue weighted by Gasteiger charge is -2.32. The van der Waals surface area contributed by atoms with Crippen LogP contribution in [0.2, 0.25) is 0 Å². The van der Waals surface area contributed by atoms with Crippen molar-refractivity contribution in [3.8, 4) is 5.69 Å². The fourth-order valence-electron chi connectivity index (χ4n) is 4.09. The number of halogens is 2. The van der Waals surface area contributed by atoms with E-state index in [0.29, 0.717) is 17.0 Å². The molecule has 1 aliphatic heterocycles. The molecule has 31 heavy (non-hydrogen) atoms. The molecule has 4 rings (SSSR count). The van der Waals surface area contributed by atoms with Crippen molar-refractivity contribution < 1.29 is 9.13 Å². The van der Waals surface area contributed by atoms with Gasteiger partial charge in [0.2, 0.25) is 0 Å². The highest BCUT2D eigenvalue weighted by molar-refractivity contribution is 9.10. The molecule has 0 atom stereocenters. The fraction of sp³-hybridized carbons (Fsp3) is 0.375. The second-order valence-corrected chi connectivity index (χ2v) is 8.89. The van der Waals surface area contributed by atoms with Gasteiger partial charge >= 0.3 is 0 Å². The Balaban J connectivity index is 1.31. The number of nitrogens with zero attached hydrogens (tertiary/aromatic N) is 3. The van der Waals surface area contributed by atoms with Crippen molar-refractivity contribution >= 4 is 15.9 Å². The summed E-state index contributed by atoms with van der Waals surface area (Å²) in [6.45, 7) is 3.92. The topological polar surface area (TPSA) is 39.4 Å². The minimum absolute atomic E-state index is 0.0345. The van der Waals surface area contributed by atoms with E-state index >= 15 is 0 Å². The molecule has 164 valence electrons. The Morgan fingerprint density at radius 2 is 1.74 bits per heavy atom.